The number of rotatable bonds is 2. The zero-order valence-electron chi connectivity index (χ0n) is 11.9. The molecule has 1 N–H and O–H groups in total. The summed E-state index contributed by atoms with van der Waals surface area (Å²) >= 11 is 0. The van der Waals surface area contributed by atoms with Gasteiger partial charge in [-0.2, -0.15) is 0 Å². The number of anilines is 2. The number of aryl methyl sites for hydroxylation is 1. The number of hydrogen-bond acceptors (Lipinski definition) is 4. The lowest BCUT2D eigenvalue weighted by atomic mass is 10.0. The van der Waals surface area contributed by atoms with Crippen molar-refractivity contribution in [3.8, 4) is 5.75 Å². The van der Waals surface area contributed by atoms with E-state index in [0.29, 0.717) is 0 Å². The number of ether oxygens (including phenoxy) is 1. The molecule has 3 rings (SSSR count). The van der Waals surface area contributed by atoms with Crippen molar-refractivity contribution in [2.45, 2.75) is 12.8 Å². The molecule has 0 aliphatic carbocycles. The highest BCUT2D eigenvalue weighted by Crippen LogP contribution is 2.36. The molecule has 1 aromatic carbocycles. The van der Waals surface area contributed by atoms with Gasteiger partial charge in [-0.15, -0.1) is 0 Å². The molecule has 2 heterocycles. The zero-order chi connectivity index (χ0) is 13.2. The lowest BCUT2D eigenvalue weighted by Crippen LogP contribution is -2.44. The number of benzene rings is 1. The van der Waals surface area contributed by atoms with Crippen LogP contribution in [0.5, 0.6) is 5.75 Å². The summed E-state index contributed by atoms with van der Waals surface area (Å²) in [7, 11) is 3.95. The molecule has 0 unspecified atom stereocenters. The van der Waals surface area contributed by atoms with E-state index in [1.165, 1.54) is 23.4 Å². The molecule has 19 heavy (non-hydrogen) atoms. The molecule has 2 aliphatic rings. The van der Waals surface area contributed by atoms with Crippen LogP contribution in [-0.2, 0) is 6.42 Å². The number of methoxy groups -OCH3 is 1. The summed E-state index contributed by atoms with van der Waals surface area (Å²) in [6, 6.07) is 4.53. The molecule has 1 aromatic rings. The highest BCUT2D eigenvalue weighted by atomic mass is 16.5. The highest BCUT2D eigenvalue weighted by Gasteiger charge is 2.19. The zero-order valence-corrected chi connectivity index (χ0v) is 11.9. The van der Waals surface area contributed by atoms with Crippen LogP contribution >= 0.6 is 0 Å². The van der Waals surface area contributed by atoms with Crippen molar-refractivity contribution in [3.05, 3.63) is 17.7 Å². The first-order valence-electron chi connectivity index (χ1n) is 7.16. The lowest BCUT2D eigenvalue weighted by molar-refractivity contribution is 0.312. The van der Waals surface area contributed by atoms with Gasteiger partial charge in [-0.3, -0.25) is 0 Å². The van der Waals surface area contributed by atoms with Crippen LogP contribution in [0.25, 0.3) is 0 Å². The predicted molar refractivity (Wildman–Crippen MR) is 79.5 cm³/mol. The van der Waals surface area contributed by atoms with Gasteiger partial charge in [-0.25, -0.2) is 0 Å². The summed E-state index contributed by atoms with van der Waals surface area (Å²) < 4.78 is 5.57. The topological polar surface area (TPSA) is 27.7 Å². The molecule has 2 aliphatic heterocycles. The number of piperazine rings is 1. The lowest BCUT2D eigenvalue weighted by Gasteiger charge is -2.35. The maximum absolute atomic E-state index is 5.57. The summed E-state index contributed by atoms with van der Waals surface area (Å²) in [6.45, 7) is 5.53. The van der Waals surface area contributed by atoms with Crippen LogP contribution in [-0.4, -0.2) is 51.8 Å². The van der Waals surface area contributed by atoms with Crippen molar-refractivity contribution >= 4 is 11.4 Å². The first-order chi connectivity index (χ1) is 9.28. The van der Waals surface area contributed by atoms with E-state index in [2.05, 4.69) is 34.3 Å². The Hall–Kier alpha value is -1.42. The minimum absolute atomic E-state index is 0.992. The van der Waals surface area contributed by atoms with Crippen LogP contribution in [0.3, 0.4) is 0 Å². The third-order valence-corrected chi connectivity index (χ3v) is 4.18. The van der Waals surface area contributed by atoms with E-state index in [1.807, 2.05) is 0 Å². The number of fused-ring (bicyclic) bond motifs is 1. The van der Waals surface area contributed by atoms with Crippen LogP contribution < -0.4 is 15.0 Å². The molecular weight excluding hydrogens is 238 g/mol. The van der Waals surface area contributed by atoms with Gasteiger partial charge in [0.25, 0.3) is 0 Å². The summed E-state index contributed by atoms with van der Waals surface area (Å²) in [5.74, 6) is 0.992. The average Bonchev–Trinajstić information content (AvgIpc) is 2.47. The first kappa shape index (κ1) is 12.6. The second-order valence-electron chi connectivity index (χ2n) is 5.50. The Kier molecular flexibility index (Phi) is 3.51. The molecule has 1 saturated heterocycles. The van der Waals surface area contributed by atoms with Crippen LogP contribution in [0.4, 0.5) is 11.4 Å². The SMILES string of the molecule is COc1cc(N2CCN(C)CC2)cc2c1NCCC2. The van der Waals surface area contributed by atoms with Crippen molar-refractivity contribution in [1.82, 2.24) is 4.90 Å². The van der Waals surface area contributed by atoms with Gasteiger partial charge >= 0.3 is 0 Å². The standard InChI is InChI=1S/C15H23N3O/c1-17-6-8-18(9-7-17)13-10-12-4-3-5-16-15(12)14(11-13)19-2/h10-11,16H,3-9H2,1-2H3. The Bertz CT molecular complexity index is 436. The largest absolute Gasteiger partial charge is 0.495 e. The molecule has 104 valence electrons. The van der Waals surface area contributed by atoms with Gasteiger partial charge in [-0.1, -0.05) is 0 Å². The molecule has 0 amide bonds. The van der Waals surface area contributed by atoms with Gasteiger partial charge in [0.1, 0.15) is 5.75 Å². The van der Waals surface area contributed by atoms with E-state index in [-0.39, 0.29) is 0 Å². The quantitative estimate of drug-likeness (QED) is 0.878. The molecule has 0 radical (unpaired) electrons. The Morgan fingerprint density at radius 1 is 1.16 bits per heavy atom. The van der Waals surface area contributed by atoms with Crippen LogP contribution in [0, 0.1) is 0 Å². The number of nitrogens with zero attached hydrogens (tertiary/aromatic N) is 2. The van der Waals surface area contributed by atoms with Crippen molar-refractivity contribution < 1.29 is 4.74 Å². The maximum atomic E-state index is 5.57. The van der Waals surface area contributed by atoms with E-state index in [0.717, 1.165) is 44.9 Å². The number of nitrogens with one attached hydrogen (secondary N) is 1. The summed E-state index contributed by atoms with van der Waals surface area (Å²) in [5, 5.41) is 3.47. The average molecular weight is 261 g/mol. The van der Waals surface area contributed by atoms with Crippen molar-refractivity contribution in [2.24, 2.45) is 0 Å². The normalized spacial score (nSPS) is 19.8. The van der Waals surface area contributed by atoms with Crippen LogP contribution in [0.1, 0.15) is 12.0 Å². The minimum Gasteiger partial charge on any atom is -0.495 e. The van der Waals surface area contributed by atoms with Gasteiger partial charge in [0.05, 0.1) is 12.8 Å². The van der Waals surface area contributed by atoms with Crippen LogP contribution in [0.15, 0.2) is 12.1 Å². The van der Waals surface area contributed by atoms with Gasteiger partial charge in [-0.05, 0) is 31.5 Å². The van der Waals surface area contributed by atoms with E-state index in [4.69, 9.17) is 4.74 Å². The number of hydrogen-bond donors (Lipinski definition) is 1. The second-order valence-corrected chi connectivity index (χ2v) is 5.50. The molecule has 0 saturated carbocycles. The third kappa shape index (κ3) is 2.50. The molecule has 1 fully saturated rings. The third-order valence-electron chi connectivity index (χ3n) is 4.18. The van der Waals surface area contributed by atoms with E-state index >= 15 is 0 Å². The van der Waals surface area contributed by atoms with Crippen molar-refractivity contribution in [3.63, 3.8) is 0 Å². The predicted octanol–water partition coefficient (Wildman–Crippen LogP) is 1.81. The number of likely N-dealkylation sites (N-methyl/N-ethyl adjacent to an activating group) is 1. The molecule has 0 spiro atoms. The maximum Gasteiger partial charge on any atom is 0.144 e. The summed E-state index contributed by atoms with van der Waals surface area (Å²) in [6.07, 6.45) is 2.36. The summed E-state index contributed by atoms with van der Waals surface area (Å²) in [4.78, 5) is 4.85. The Morgan fingerprint density at radius 2 is 1.95 bits per heavy atom. The van der Waals surface area contributed by atoms with Crippen molar-refractivity contribution in [2.75, 3.05) is 57.1 Å². The molecule has 0 aromatic heterocycles. The van der Waals surface area contributed by atoms with Crippen molar-refractivity contribution in [1.29, 1.82) is 0 Å². The fourth-order valence-corrected chi connectivity index (χ4v) is 2.96. The fraction of sp³-hybridized carbons (Fsp3) is 0.600. The van der Waals surface area contributed by atoms with Gasteiger partial charge in [0.2, 0.25) is 0 Å². The van der Waals surface area contributed by atoms with Crippen LogP contribution in [0.2, 0.25) is 0 Å². The molecule has 0 bridgehead atoms. The smallest absolute Gasteiger partial charge is 0.144 e. The molecule has 4 heteroatoms. The van der Waals surface area contributed by atoms with Gasteiger partial charge in [0, 0.05) is 44.5 Å². The fourth-order valence-electron chi connectivity index (χ4n) is 2.96. The molecule has 0 atom stereocenters. The van der Waals surface area contributed by atoms with Gasteiger partial charge < -0.3 is 19.9 Å². The Labute approximate surface area is 115 Å². The highest BCUT2D eigenvalue weighted by molar-refractivity contribution is 5.70. The summed E-state index contributed by atoms with van der Waals surface area (Å²) in [5.41, 5.74) is 3.92. The molecular formula is C15H23N3O. The van der Waals surface area contributed by atoms with E-state index < -0.39 is 0 Å². The monoisotopic (exact) mass is 261 g/mol. The van der Waals surface area contributed by atoms with E-state index in [1.54, 1.807) is 7.11 Å². The molecule has 4 nitrogen and oxygen atoms in total. The minimum atomic E-state index is 0.992. The second kappa shape index (κ2) is 5.29. The van der Waals surface area contributed by atoms with E-state index in [9.17, 15) is 0 Å². The van der Waals surface area contributed by atoms with Gasteiger partial charge in [0.15, 0.2) is 0 Å². The Balaban J connectivity index is 1.89. The Morgan fingerprint density at radius 3 is 2.68 bits per heavy atom. The first-order valence-corrected chi connectivity index (χ1v) is 7.16.